The van der Waals surface area contributed by atoms with Gasteiger partial charge in [0.15, 0.2) is 35.1 Å². The van der Waals surface area contributed by atoms with E-state index < -0.39 is 65.5 Å². The quantitative estimate of drug-likeness (QED) is 0.417. The van der Waals surface area contributed by atoms with Gasteiger partial charge in [0.05, 0.1) is 26.5 Å². The number of ether oxygens (including phenoxy) is 6. The number of nitrogens with zero attached hydrogens (tertiary/aromatic N) is 3. The van der Waals surface area contributed by atoms with Crippen LogP contribution in [-0.2, 0) is 33.2 Å². The fourth-order valence-electron chi connectivity index (χ4n) is 5.24. The van der Waals surface area contributed by atoms with E-state index in [0.717, 1.165) is 25.0 Å². The zero-order chi connectivity index (χ0) is 27.2. The lowest BCUT2D eigenvalue weighted by atomic mass is 9.85. The number of halogens is 3. The van der Waals surface area contributed by atoms with Crippen molar-refractivity contribution in [3.05, 3.63) is 35.8 Å². The second-order valence-electron chi connectivity index (χ2n) is 10.1. The summed E-state index contributed by atoms with van der Waals surface area (Å²) in [6, 6.07) is 0.915. The third-order valence-corrected chi connectivity index (χ3v) is 7.06. The molecule has 0 saturated carbocycles. The van der Waals surface area contributed by atoms with Crippen LogP contribution < -0.4 is 0 Å². The van der Waals surface area contributed by atoms with Gasteiger partial charge in [-0.1, -0.05) is 5.21 Å². The molecule has 4 heterocycles. The Balaban J connectivity index is 1.60. The summed E-state index contributed by atoms with van der Waals surface area (Å²) in [5.41, 5.74) is 0.0871. The molecule has 1 spiro atoms. The second-order valence-corrected chi connectivity index (χ2v) is 10.1. The number of esters is 1. The molecule has 3 fully saturated rings. The summed E-state index contributed by atoms with van der Waals surface area (Å²) in [5, 5.41) is 8.32. The molecule has 0 bridgehead atoms. The highest BCUT2D eigenvalue weighted by Crippen LogP contribution is 2.48. The van der Waals surface area contributed by atoms with Gasteiger partial charge in [-0.25, -0.2) is 22.6 Å². The van der Waals surface area contributed by atoms with Gasteiger partial charge in [0, 0.05) is 12.0 Å². The van der Waals surface area contributed by atoms with Crippen LogP contribution in [0.1, 0.15) is 46.1 Å². The number of benzene rings is 1. The molecule has 208 valence electrons. The molecule has 3 aliphatic heterocycles. The number of methoxy groups -OCH3 is 1. The Morgan fingerprint density at radius 2 is 1.89 bits per heavy atom. The number of fused-ring (bicyclic) bond motifs is 1. The van der Waals surface area contributed by atoms with Crippen molar-refractivity contribution in [2.45, 2.75) is 82.1 Å². The standard InChI is InChI=1S/C25H30F3N3O7/c1-13(23(32)33-4)36-22-20(31-11-17(29-30-31)14-9-15(26)19(28)16(27)10-14)21-18(12-35-24(2,3)38-21)37-25(22)7-5-6-8-34-25/h9-11,13,18,20-22H,5-8,12H2,1-4H3/t13-,18-,20+,21+,22-,25+/m1/s1. The van der Waals surface area contributed by atoms with Crippen molar-refractivity contribution >= 4 is 5.97 Å². The number of hydrogen-bond acceptors (Lipinski definition) is 9. The molecule has 1 aromatic carbocycles. The first-order chi connectivity index (χ1) is 18.0. The van der Waals surface area contributed by atoms with Gasteiger partial charge < -0.3 is 28.4 Å². The second kappa shape index (κ2) is 10.2. The van der Waals surface area contributed by atoms with Gasteiger partial charge in [-0.15, -0.1) is 5.10 Å². The topological polar surface area (TPSA) is 103 Å². The van der Waals surface area contributed by atoms with Crippen LogP contribution in [0.2, 0.25) is 0 Å². The summed E-state index contributed by atoms with van der Waals surface area (Å²) in [7, 11) is 1.26. The summed E-state index contributed by atoms with van der Waals surface area (Å²) < 4.78 is 78.9. The molecule has 6 atom stereocenters. The van der Waals surface area contributed by atoms with Crippen LogP contribution in [-0.4, -0.2) is 77.3 Å². The first kappa shape index (κ1) is 27.0. The fourth-order valence-corrected chi connectivity index (χ4v) is 5.24. The Labute approximate surface area is 217 Å². The van der Waals surface area contributed by atoms with Crippen LogP contribution in [0.25, 0.3) is 11.3 Å². The van der Waals surface area contributed by atoms with E-state index in [2.05, 4.69) is 10.3 Å². The van der Waals surface area contributed by atoms with Gasteiger partial charge in [0.1, 0.15) is 30.0 Å². The molecule has 5 rings (SSSR count). The maximum absolute atomic E-state index is 13.9. The maximum atomic E-state index is 13.9. The van der Waals surface area contributed by atoms with E-state index in [0.29, 0.717) is 13.0 Å². The largest absolute Gasteiger partial charge is 0.467 e. The van der Waals surface area contributed by atoms with Crippen molar-refractivity contribution in [2.75, 3.05) is 20.3 Å². The maximum Gasteiger partial charge on any atom is 0.334 e. The van der Waals surface area contributed by atoms with Crippen molar-refractivity contribution in [2.24, 2.45) is 0 Å². The normalized spacial score (nSPS) is 31.6. The smallest absolute Gasteiger partial charge is 0.334 e. The number of carbonyl (C=O) groups excluding carboxylic acids is 1. The number of carbonyl (C=O) groups is 1. The molecular weight excluding hydrogens is 511 g/mol. The molecule has 2 aromatic rings. The lowest BCUT2D eigenvalue weighted by Crippen LogP contribution is -2.69. The van der Waals surface area contributed by atoms with E-state index in [9.17, 15) is 18.0 Å². The molecule has 0 unspecified atom stereocenters. The predicted octanol–water partition coefficient (Wildman–Crippen LogP) is 3.30. The fraction of sp³-hybridized carbons (Fsp3) is 0.640. The number of rotatable bonds is 5. The first-order valence-electron chi connectivity index (χ1n) is 12.5. The lowest BCUT2D eigenvalue weighted by Gasteiger charge is -2.56. The Bertz CT molecular complexity index is 1160. The first-order valence-corrected chi connectivity index (χ1v) is 12.5. The highest BCUT2D eigenvalue weighted by atomic mass is 19.2. The molecule has 1 aromatic heterocycles. The molecule has 10 nitrogen and oxygen atoms in total. The third kappa shape index (κ3) is 4.93. The van der Waals surface area contributed by atoms with Gasteiger partial charge in [0.2, 0.25) is 0 Å². The van der Waals surface area contributed by atoms with Gasteiger partial charge >= 0.3 is 5.97 Å². The molecule has 3 saturated heterocycles. The Kier molecular flexibility index (Phi) is 7.24. The average Bonchev–Trinajstić information content (AvgIpc) is 3.37. The van der Waals surface area contributed by atoms with Crippen LogP contribution >= 0.6 is 0 Å². The van der Waals surface area contributed by atoms with E-state index in [-0.39, 0.29) is 17.9 Å². The molecule has 13 heteroatoms. The van der Waals surface area contributed by atoms with Crippen molar-refractivity contribution in [3.8, 4) is 11.3 Å². The summed E-state index contributed by atoms with van der Waals surface area (Å²) in [6.45, 7) is 5.66. The monoisotopic (exact) mass is 541 g/mol. The Morgan fingerprint density at radius 1 is 1.16 bits per heavy atom. The van der Waals surface area contributed by atoms with Crippen LogP contribution in [0.15, 0.2) is 18.3 Å². The molecule has 0 radical (unpaired) electrons. The minimum Gasteiger partial charge on any atom is -0.467 e. The van der Waals surface area contributed by atoms with Crippen LogP contribution in [0.4, 0.5) is 13.2 Å². The van der Waals surface area contributed by atoms with E-state index in [1.807, 2.05) is 0 Å². The minimum absolute atomic E-state index is 0.00601. The summed E-state index contributed by atoms with van der Waals surface area (Å²) in [5.74, 6) is -7.11. The Hall–Kier alpha value is -2.58. The van der Waals surface area contributed by atoms with E-state index >= 15 is 0 Å². The lowest BCUT2D eigenvalue weighted by molar-refractivity contribution is -0.418. The Morgan fingerprint density at radius 3 is 2.55 bits per heavy atom. The highest BCUT2D eigenvalue weighted by Gasteiger charge is 2.61. The van der Waals surface area contributed by atoms with Gasteiger partial charge in [0.25, 0.3) is 0 Å². The van der Waals surface area contributed by atoms with E-state index in [1.54, 1.807) is 20.8 Å². The van der Waals surface area contributed by atoms with Gasteiger partial charge in [-0.2, -0.15) is 0 Å². The molecule has 0 amide bonds. The number of hydrogen-bond donors (Lipinski definition) is 0. The molecule has 3 aliphatic rings. The van der Waals surface area contributed by atoms with Crippen LogP contribution in [0.5, 0.6) is 0 Å². The summed E-state index contributed by atoms with van der Waals surface area (Å²) >= 11 is 0. The van der Waals surface area contributed by atoms with Gasteiger partial charge in [-0.3, -0.25) is 0 Å². The zero-order valence-corrected chi connectivity index (χ0v) is 21.5. The predicted molar refractivity (Wildman–Crippen MR) is 123 cm³/mol. The van der Waals surface area contributed by atoms with Crippen LogP contribution in [0, 0.1) is 17.5 Å². The third-order valence-electron chi connectivity index (χ3n) is 7.06. The SMILES string of the molecule is COC(=O)[C@@H](C)O[C@@H]1[C@@H](n2cc(-c3cc(F)c(F)c(F)c3)nn2)[C@H]2OC(C)(C)OC[C@H]2O[C@@]12CCCCO2. The highest BCUT2D eigenvalue weighted by molar-refractivity contribution is 5.74. The van der Waals surface area contributed by atoms with Crippen molar-refractivity contribution < 1.29 is 46.4 Å². The van der Waals surface area contributed by atoms with Crippen molar-refractivity contribution in [1.82, 2.24) is 15.0 Å². The summed E-state index contributed by atoms with van der Waals surface area (Å²) in [4.78, 5) is 12.3. The molecule has 38 heavy (non-hydrogen) atoms. The van der Waals surface area contributed by atoms with Crippen LogP contribution in [0.3, 0.4) is 0 Å². The number of aromatic nitrogens is 3. The van der Waals surface area contributed by atoms with E-state index in [1.165, 1.54) is 18.0 Å². The minimum atomic E-state index is -1.58. The molecule has 0 N–H and O–H groups in total. The average molecular weight is 542 g/mol. The summed E-state index contributed by atoms with van der Waals surface area (Å²) in [6.07, 6.45) is 0.313. The molecular formula is C25H30F3N3O7. The van der Waals surface area contributed by atoms with Gasteiger partial charge in [-0.05, 0) is 45.7 Å². The van der Waals surface area contributed by atoms with Crippen molar-refractivity contribution in [3.63, 3.8) is 0 Å². The van der Waals surface area contributed by atoms with Crippen molar-refractivity contribution in [1.29, 1.82) is 0 Å². The zero-order valence-electron chi connectivity index (χ0n) is 21.5. The molecule has 0 aliphatic carbocycles. The van der Waals surface area contributed by atoms with E-state index in [4.69, 9.17) is 28.4 Å².